The minimum atomic E-state index is 0.825. The SMILES string of the molecule is CN(C)Cc1ccccc1NCc1ccccc1Br. The molecule has 2 rings (SSSR count). The topological polar surface area (TPSA) is 15.3 Å². The van der Waals surface area contributed by atoms with Gasteiger partial charge in [-0.15, -0.1) is 0 Å². The second-order valence-corrected chi connectivity index (χ2v) is 5.69. The van der Waals surface area contributed by atoms with Crippen LogP contribution in [0.5, 0.6) is 0 Å². The number of benzene rings is 2. The lowest BCUT2D eigenvalue weighted by Gasteiger charge is -2.16. The quantitative estimate of drug-likeness (QED) is 0.892. The smallest absolute Gasteiger partial charge is 0.0412 e. The first-order valence-corrected chi connectivity index (χ1v) is 7.16. The zero-order chi connectivity index (χ0) is 13.7. The van der Waals surface area contributed by atoms with E-state index in [1.807, 2.05) is 6.07 Å². The molecule has 2 aromatic rings. The Morgan fingerprint density at radius 1 is 0.947 bits per heavy atom. The molecule has 0 spiro atoms. The summed E-state index contributed by atoms with van der Waals surface area (Å²) in [6.45, 7) is 1.77. The highest BCUT2D eigenvalue weighted by atomic mass is 79.9. The molecule has 0 bridgehead atoms. The Balaban J connectivity index is 2.09. The zero-order valence-electron chi connectivity index (χ0n) is 11.4. The molecule has 0 atom stereocenters. The van der Waals surface area contributed by atoms with Gasteiger partial charge < -0.3 is 10.2 Å². The van der Waals surface area contributed by atoms with Gasteiger partial charge in [-0.1, -0.05) is 52.3 Å². The monoisotopic (exact) mass is 318 g/mol. The average molecular weight is 319 g/mol. The number of nitrogens with one attached hydrogen (secondary N) is 1. The first kappa shape index (κ1) is 14.1. The standard InChI is InChI=1S/C16H19BrN2/c1-19(2)12-14-8-4-6-10-16(14)18-11-13-7-3-5-9-15(13)17/h3-10,18H,11-12H2,1-2H3. The highest BCUT2D eigenvalue weighted by molar-refractivity contribution is 9.10. The van der Waals surface area contributed by atoms with Crippen molar-refractivity contribution in [2.24, 2.45) is 0 Å². The summed E-state index contributed by atoms with van der Waals surface area (Å²) in [5.41, 5.74) is 3.79. The molecule has 19 heavy (non-hydrogen) atoms. The molecule has 0 aliphatic rings. The molecule has 2 nitrogen and oxygen atoms in total. The number of nitrogens with zero attached hydrogens (tertiary/aromatic N) is 1. The molecule has 0 heterocycles. The Labute approximate surface area is 123 Å². The number of anilines is 1. The first-order valence-electron chi connectivity index (χ1n) is 6.36. The Morgan fingerprint density at radius 2 is 1.58 bits per heavy atom. The van der Waals surface area contributed by atoms with Crippen LogP contribution in [-0.4, -0.2) is 19.0 Å². The van der Waals surface area contributed by atoms with E-state index in [0.717, 1.165) is 17.6 Å². The Kier molecular flexibility index (Phi) is 5.00. The van der Waals surface area contributed by atoms with Crippen molar-refractivity contribution in [2.75, 3.05) is 19.4 Å². The van der Waals surface area contributed by atoms with Crippen LogP contribution >= 0.6 is 15.9 Å². The molecule has 2 aromatic carbocycles. The van der Waals surface area contributed by atoms with Gasteiger partial charge in [-0.05, 0) is 37.4 Å². The summed E-state index contributed by atoms with van der Waals surface area (Å²) >= 11 is 3.58. The molecule has 0 saturated heterocycles. The molecule has 3 heteroatoms. The molecule has 0 amide bonds. The second-order valence-electron chi connectivity index (χ2n) is 4.84. The Hall–Kier alpha value is -1.32. The summed E-state index contributed by atoms with van der Waals surface area (Å²) in [6, 6.07) is 16.8. The molecule has 1 N–H and O–H groups in total. The fourth-order valence-electron chi connectivity index (χ4n) is 2.00. The first-order chi connectivity index (χ1) is 9.16. The van der Waals surface area contributed by atoms with Crippen LogP contribution in [0, 0.1) is 0 Å². The van der Waals surface area contributed by atoms with Crippen LogP contribution in [0.25, 0.3) is 0 Å². The van der Waals surface area contributed by atoms with E-state index in [-0.39, 0.29) is 0 Å². The molecule has 100 valence electrons. The van der Waals surface area contributed by atoms with Crippen molar-refractivity contribution < 1.29 is 0 Å². The lowest BCUT2D eigenvalue weighted by Crippen LogP contribution is -2.13. The predicted molar refractivity (Wildman–Crippen MR) is 85.3 cm³/mol. The number of rotatable bonds is 5. The second kappa shape index (κ2) is 6.73. The molecule has 0 unspecified atom stereocenters. The molecule has 0 aromatic heterocycles. The van der Waals surface area contributed by atoms with Gasteiger partial charge in [0.25, 0.3) is 0 Å². The van der Waals surface area contributed by atoms with Gasteiger partial charge in [0, 0.05) is 23.2 Å². The van der Waals surface area contributed by atoms with Gasteiger partial charge in [-0.25, -0.2) is 0 Å². The molecule has 0 saturated carbocycles. The fourth-order valence-corrected chi connectivity index (χ4v) is 2.43. The lowest BCUT2D eigenvalue weighted by molar-refractivity contribution is 0.403. The largest absolute Gasteiger partial charge is 0.381 e. The van der Waals surface area contributed by atoms with Crippen molar-refractivity contribution >= 4 is 21.6 Å². The van der Waals surface area contributed by atoms with Crippen LogP contribution in [-0.2, 0) is 13.1 Å². The van der Waals surface area contributed by atoms with Gasteiger partial charge in [0.05, 0.1) is 0 Å². The third-order valence-corrected chi connectivity index (χ3v) is 3.70. The number of halogens is 1. The predicted octanol–water partition coefficient (Wildman–Crippen LogP) is 4.12. The van der Waals surface area contributed by atoms with Crippen LogP contribution in [0.15, 0.2) is 53.0 Å². The molecule has 0 fully saturated rings. The van der Waals surface area contributed by atoms with Gasteiger partial charge in [-0.2, -0.15) is 0 Å². The Bertz CT molecular complexity index is 538. The molecular formula is C16H19BrN2. The molecule has 0 aliphatic carbocycles. The van der Waals surface area contributed by atoms with Crippen molar-refractivity contribution in [1.29, 1.82) is 0 Å². The zero-order valence-corrected chi connectivity index (χ0v) is 12.9. The van der Waals surface area contributed by atoms with Gasteiger partial charge in [0.2, 0.25) is 0 Å². The van der Waals surface area contributed by atoms with E-state index in [2.05, 4.69) is 82.7 Å². The van der Waals surface area contributed by atoms with E-state index in [4.69, 9.17) is 0 Å². The van der Waals surface area contributed by atoms with Crippen LogP contribution in [0.4, 0.5) is 5.69 Å². The van der Waals surface area contributed by atoms with Crippen molar-refractivity contribution in [1.82, 2.24) is 4.90 Å². The highest BCUT2D eigenvalue weighted by Gasteiger charge is 2.04. The minimum absolute atomic E-state index is 0.825. The highest BCUT2D eigenvalue weighted by Crippen LogP contribution is 2.20. The Morgan fingerprint density at radius 3 is 2.26 bits per heavy atom. The minimum Gasteiger partial charge on any atom is -0.381 e. The summed E-state index contributed by atoms with van der Waals surface area (Å²) < 4.78 is 1.15. The van der Waals surface area contributed by atoms with Gasteiger partial charge >= 0.3 is 0 Å². The van der Waals surface area contributed by atoms with Gasteiger partial charge in [0.15, 0.2) is 0 Å². The van der Waals surface area contributed by atoms with Crippen molar-refractivity contribution in [2.45, 2.75) is 13.1 Å². The lowest BCUT2D eigenvalue weighted by atomic mass is 10.1. The van der Waals surface area contributed by atoms with Gasteiger partial charge in [-0.3, -0.25) is 0 Å². The number of para-hydroxylation sites is 1. The molecular weight excluding hydrogens is 300 g/mol. The molecule has 0 aliphatic heterocycles. The third kappa shape index (κ3) is 4.08. The third-order valence-electron chi connectivity index (χ3n) is 2.93. The van der Waals surface area contributed by atoms with E-state index in [0.29, 0.717) is 0 Å². The van der Waals surface area contributed by atoms with E-state index >= 15 is 0 Å². The van der Waals surface area contributed by atoms with Crippen LogP contribution < -0.4 is 5.32 Å². The van der Waals surface area contributed by atoms with E-state index < -0.39 is 0 Å². The summed E-state index contributed by atoms with van der Waals surface area (Å²) in [6.07, 6.45) is 0. The van der Waals surface area contributed by atoms with E-state index in [1.54, 1.807) is 0 Å². The number of hydrogen-bond acceptors (Lipinski definition) is 2. The van der Waals surface area contributed by atoms with Crippen LogP contribution in [0.3, 0.4) is 0 Å². The summed E-state index contributed by atoms with van der Waals surface area (Å²) in [7, 11) is 4.18. The maximum absolute atomic E-state index is 3.58. The summed E-state index contributed by atoms with van der Waals surface area (Å²) in [5.74, 6) is 0. The van der Waals surface area contributed by atoms with Crippen molar-refractivity contribution in [3.05, 3.63) is 64.1 Å². The number of hydrogen-bond donors (Lipinski definition) is 1. The summed E-state index contributed by atoms with van der Waals surface area (Å²) in [5, 5.41) is 3.52. The molecule has 0 radical (unpaired) electrons. The maximum Gasteiger partial charge on any atom is 0.0412 e. The van der Waals surface area contributed by atoms with E-state index in [9.17, 15) is 0 Å². The van der Waals surface area contributed by atoms with Crippen molar-refractivity contribution in [3.63, 3.8) is 0 Å². The van der Waals surface area contributed by atoms with Crippen molar-refractivity contribution in [3.8, 4) is 0 Å². The van der Waals surface area contributed by atoms with Gasteiger partial charge in [0.1, 0.15) is 0 Å². The van der Waals surface area contributed by atoms with Crippen LogP contribution in [0.2, 0.25) is 0 Å². The average Bonchev–Trinajstić information content (AvgIpc) is 2.39. The fraction of sp³-hybridized carbons (Fsp3) is 0.250. The van der Waals surface area contributed by atoms with Crippen LogP contribution in [0.1, 0.15) is 11.1 Å². The maximum atomic E-state index is 3.58. The summed E-state index contributed by atoms with van der Waals surface area (Å²) in [4.78, 5) is 2.18. The normalized spacial score (nSPS) is 10.7. The van der Waals surface area contributed by atoms with E-state index in [1.165, 1.54) is 16.8 Å².